The molecule has 0 spiro atoms. The molecular weight excluding hydrogens is 361 g/mol. The molecule has 0 aliphatic heterocycles. The van der Waals surface area contributed by atoms with Crippen LogP contribution in [0.3, 0.4) is 0 Å². The first-order valence-electron chi connectivity index (χ1n) is 9.51. The molecule has 0 saturated carbocycles. The molecule has 0 fully saturated rings. The highest BCUT2D eigenvalue weighted by atomic mass is 35.5. The first kappa shape index (κ1) is 19.2. The molecule has 1 aliphatic rings. The lowest BCUT2D eigenvalue weighted by molar-refractivity contribution is 0.792. The van der Waals surface area contributed by atoms with E-state index >= 15 is 0 Å². The summed E-state index contributed by atoms with van der Waals surface area (Å²) >= 11 is 12.4. The van der Waals surface area contributed by atoms with Crippen LogP contribution in [0.4, 0.5) is 5.69 Å². The summed E-state index contributed by atoms with van der Waals surface area (Å²) in [5.74, 6) is 0. The number of halogens is 2. The van der Waals surface area contributed by atoms with Gasteiger partial charge in [-0.2, -0.15) is 0 Å². The van der Waals surface area contributed by atoms with Gasteiger partial charge in [-0.05, 0) is 60.6 Å². The Labute approximate surface area is 166 Å². The maximum absolute atomic E-state index is 6.40. The molecule has 136 valence electrons. The molecule has 3 rings (SSSR count). The van der Waals surface area contributed by atoms with Gasteiger partial charge in [0.2, 0.25) is 0 Å². The van der Waals surface area contributed by atoms with Crippen molar-refractivity contribution in [2.75, 3.05) is 0 Å². The van der Waals surface area contributed by atoms with Gasteiger partial charge in [0.05, 0.1) is 16.4 Å². The van der Waals surface area contributed by atoms with E-state index in [0.717, 1.165) is 24.2 Å². The van der Waals surface area contributed by atoms with Crippen LogP contribution in [-0.4, -0.2) is 5.71 Å². The fraction of sp³-hybridized carbons (Fsp3) is 0.348. The largest absolute Gasteiger partial charge is 0.247 e. The molecule has 0 amide bonds. The van der Waals surface area contributed by atoms with Crippen LogP contribution in [0, 0.1) is 0 Å². The molecule has 0 unspecified atom stereocenters. The van der Waals surface area contributed by atoms with Crippen molar-refractivity contribution in [3.63, 3.8) is 0 Å². The topological polar surface area (TPSA) is 12.4 Å². The standard InChI is InChI=1S/C23H25Cl2N/c1-3-5-9-17-18-11-7-8-12-20(18)23(19(17)10-6-4-2)26-22-14-13-16(24)15-21(22)25/h7-8,11-15H,3-6,9-10H2,1-2H3. The summed E-state index contributed by atoms with van der Waals surface area (Å²) in [6, 6.07) is 14.2. The summed E-state index contributed by atoms with van der Waals surface area (Å²) in [5.41, 5.74) is 7.31. The van der Waals surface area contributed by atoms with Crippen molar-refractivity contribution in [1.29, 1.82) is 0 Å². The Kier molecular flexibility index (Phi) is 6.56. The minimum Gasteiger partial charge on any atom is -0.247 e. The smallest absolute Gasteiger partial charge is 0.0824 e. The van der Waals surface area contributed by atoms with Crippen molar-refractivity contribution in [2.45, 2.75) is 52.4 Å². The molecule has 3 heteroatoms. The summed E-state index contributed by atoms with van der Waals surface area (Å²) in [6.45, 7) is 4.48. The van der Waals surface area contributed by atoms with Gasteiger partial charge in [0.1, 0.15) is 0 Å². The van der Waals surface area contributed by atoms with Crippen LogP contribution in [0.15, 0.2) is 53.0 Å². The Hall–Kier alpha value is -1.57. The summed E-state index contributed by atoms with van der Waals surface area (Å²) < 4.78 is 0. The van der Waals surface area contributed by atoms with E-state index in [9.17, 15) is 0 Å². The Balaban J connectivity index is 2.13. The van der Waals surface area contributed by atoms with Gasteiger partial charge in [0.25, 0.3) is 0 Å². The lowest BCUT2D eigenvalue weighted by Crippen LogP contribution is -2.01. The predicted molar refractivity (Wildman–Crippen MR) is 115 cm³/mol. The number of unbranched alkanes of at least 4 members (excludes halogenated alkanes) is 2. The van der Waals surface area contributed by atoms with Crippen LogP contribution in [0.5, 0.6) is 0 Å². The number of rotatable bonds is 7. The fourth-order valence-electron chi connectivity index (χ4n) is 3.50. The summed E-state index contributed by atoms with van der Waals surface area (Å²) in [5, 5.41) is 1.23. The SMILES string of the molecule is CCCCC1=C(CCCC)c2ccccc2C1=Nc1ccc(Cl)cc1Cl. The predicted octanol–water partition coefficient (Wildman–Crippen LogP) is 8.26. The van der Waals surface area contributed by atoms with Crippen molar-refractivity contribution in [3.8, 4) is 0 Å². The number of aliphatic imine (C=N–C) groups is 1. The minimum atomic E-state index is 0.597. The van der Waals surface area contributed by atoms with E-state index in [4.69, 9.17) is 28.2 Å². The normalized spacial score (nSPS) is 15.0. The summed E-state index contributed by atoms with van der Waals surface area (Å²) in [7, 11) is 0. The monoisotopic (exact) mass is 385 g/mol. The zero-order valence-electron chi connectivity index (χ0n) is 15.5. The van der Waals surface area contributed by atoms with Crippen molar-refractivity contribution in [2.24, 2.45) is 4.99 Å². The number of allylic oxidation sites excluding steroid dienone is 2. The van der Waals surface area contributed by atoms with Gasteiger partial charge in [-0.15, -0.1) is 0 Å². The van der Waals surface area contributed by atoms with Crippen molar-refractivity contribution < 1.29 is 0 Å². The Morgan fingerprint density at radius 2 is 1.46 bits per heavy atom. The first-order valence-corrected chi connectivity index (χ1v) is 10.3. The third-order valence-corrected chi connectivity index (χ3v) is 5.40. The summed E-state index contributed by atoms with van der Waals surface area (Å²) in [6.07, 6.45) is 6.92. The van der Waals surface area contributed by atoms with E-state index in [-0.39, 0.29) is 0 Å². The van der Waals surface area contributed by atoms with Crippen molar-refractivity contribution >= 4 is 40.2 Å². The maximum atomic E-state index is 6.40. The van der Waals surface area contributed by atoms with Crippen molar-refractivity contribution in [1.82, 2.24) is 0 Å². The first-order chi connectivity index (χ1) is 12.7. The lowest BCUT2D eigenvalue weighted by Gasteiger charge is -2.09. The highest BCUT2D eigenvalue weighted by Crippen LogP contribution is 2.40. The van der Waals surface area contributed by atoms with Gasteiger partial charge in [0.15, 0.2) is 0 Å². The molecule has 0 aromatic heterocycles. The molecule has 2 aromatic rings. The van der Waals surface area contributed by atoms with E-state index in [2.05, 4.69) is 38.1 Å². The number of fused-ring (bicyclic) bond motifs is 1. The minimum absolute atomic E-state index is 0.597. The molecule has 0 radical (unpaired) electrons. The van der Waals surface area contributed by atoms with Crippen LogP contribution >= 0.6 is 23.2 Å². The molecule has 0 bridgehead atoms. The van der Waals surface area contributed by atoms with E-state index in [1.807, 2.05) is 12.1 Å². The van der Waals surface area contributed by atoms with Crippen molar-refractivity contribution in [3.05, 3.63) is 69.2 Å². The number of benzene rings is 2. The molecule has 0 atom stereocenters. The van der Waals surface area contributed by atoms with Gasteiger partial charge in [-0.3, -0.25) is 0 Å². The second-order valence-corrected chi connectivity index (χ2v) is 7.61. The second-order valence-electron chi connectivity index (χ2n) is 6.77. The van der Waals surface area contributed by atoms with E-state index < -0.39 is 0 Å². The molecule has 1 aliphatic carbocycles. The van der Waals surface area contributed by atoms with Gasteiger partial charge in [-0.25, -0.2) is 4.99 Å². The van der Waals surface area contributed by atoms with Crippen LogP contribution < -0.4 is 0 Å². The molecule has 1 nitrogen and oxygen atoms in total. The van der Waals surface area contributed by atoms with Gasteiger partial charge in [-0.1, -0.05) is 74.2 Å². The quantitative estimate of drug-likeness (QED) is 0.454. The molecule has 2 aromatic carbocycles. The average molecular weight is 386 g/mol. The van der Waals surface area contributed by atoms with Crippen LogP contribution in [-0.2, 0) is 0 Å². The molecule has 26 heavy (non-hydrogen) atoms. The van der Waals surface area contributed by atoms with Gasteiger partial charge < -0.3 is 0 Å². The highest BCUT2D eigenvalue weighted by Gasteiger charge is 2.26. The lowest BCUT2D eigenvalue weighted by atomic mass is 9.97. The zero-order valence-corrected chi connectivity index (χ0v) is 17.0. The summed E-state index contributed by atoms with van der Waals surface area (Å²) in [4.78, 5) is 5.00. The number of hydrogen-bond acceptors (Lipinski definition) is 1. The molecular formula is C23H25Cl2N. The zero-order chi connectivity index (χ0) is 18.5. The maximum Gasteiger partial charge on any atom is 0.0824 e. The molecule has 0 N–H and O–H groups in total. The second kappa shape index (κ2) is 8.88. The van der Waals surface area contributed by atoms with Crippen LogP contribution in [0.2, 0.25) is 10.0 Å². The van der Waals surface area contributed by atoms with Gasteiger partial charge in [0, 0.05) is 10.6 Å². The van der Waals surface area contributed by atoms with E-state index in [1.165, 1.54) is 48.0 Å². The highest BCUT2D eigenvalue weighted by molar-refractivity contribution is 6.36. The average Bonchev–Trinajstić information content (AvgIpc) is 2.93. The molecule has 0 saturated heterocycles. The third kappa shape index (κ3) is 4.05. The van der Waals surface area contributed by atoms with E-state index in [1.54, 1.807) is 6.07 Å². The van der Waals surface area contributed by atoms with Crippen LogP contribution in [0.1, 0.15) is 63.5 Å². The van der Waals surface area contributed by atoms with Crippen LogP contribution in [0.25, 0.3) is 5.57 Å². The Bertz CT molecular complexity index is 849. The van der Waals surface area contributed by atoms with Gasteiger partial charge >= 0.3 is 0 Å². The fourth-order valence-corrected chi connectivity index (χ4v) is 3.95. The Morgan fingerprint density at radius 3 is 2.12 bits per heavy atom. The number of nitrogens with zero attached hydrogens (tertiary/aromatic N) is 1. The number of hydrogen-bond donors (Lipinski definition) is 0. The third-order valence-electron chi connectivity index (χ3n) is 4.86. The van der Waals surface area contributed by atoms with E-state index in [0.29, 0.717) is 10.0 Å². The molecule has 0 heterocycles. The Morgan fingerprint density at radius 1 is 0.808 bits per heavy atom.